The number of hydrogen-bond donors (Lipinski definition) is 1. The fourth-order valence-electron chi connectivity index (χ4n) is 4.66. The zero-order chi connectivity index (χ0) is 26.6. The van der Waals surface area contributed by atoms with E-state index in [1.54, 1.807) is 24.3 Å². The van der Waals surface area contributed by atoms with E-state index in [2.05, 4.69) is 9.97 Å². The Kier molecular flexibility index (Phi) is 7.37. The van der Waals surface area contributed by atoms with Gasteiger partial charge in [0.2, 0.25) is 5.78 Å². The van der Waals surface area contributed by atoms with Gasteiger partial charge in [-0.2, -0.15) is 0 Å². The molecule has 0 saturated carbocycles. The van der Waals surface area contributed by atoms with Crippen LogP contribution in [0.1, 0.15) is 44.0 Å². The third kappa shape index (κ3) is 5.24. The third-order valence-electron chi connectivity index (χ3n) is 6.48. The number of benzene rings is 2. The smallest absolute Gasteiger partial charge is 0.290 e. The lowest BCUT2D eigenvalue weighted by atomic mass is 9.95. The molecule has 2 aromatic heterocycles. The Hall–Kier alpha value is -4.24. The van der Waals surface area contributed by atoms with Gasteiger partial charge in [-0.3, -0.25) is 9.59 Å². The van der Waals surface area contributed by atoms with E-state index in [1.807, 2.05) is 72.3 Å². The number of amides is 1. The fraction of sp³-hybridized carbons (Fsp3) is 0.241. The number of hydrogen-bond acceptors (Lipinski definition) is 7. The lowest BCUT2D eigenvalue weighted by Crippen LogP contribution is -2.32. The van der Waals surface area contributed by atoms with Gasteiger partial charge in [-0.15, -0.1) is 11.3 Å². The molecule has 1 aliphatic heterocycles. The average molecular weight is 529 g/mol. The molecular formula is C29H28N4O4S. The van der Waals surface area contributed by atoms with Crippen molar-refractivity contribution in [2.24, 2.45) is 0 Å². The maximum Gasteiger partial charge on any atom is 0.290 e. The molecule has 0 saturated heterocycles. The number of aryl methyl sites for hydroxylation is 3. The Morgan fingerprint density at radius 2 is 1.84 bits per heavy atom. The summed E-state index contributed by atoms with van der Waals surface area (Å²) >= 11 is 1.27. The van der Waals surface area contributed by atoms with Crippen molar-refractivity contribution >= 4 is 23.0 Å². The van der Waals surface area contributed by atoms with Crippen LogP contribution < -0.4 is 4.74 Å². The number of carbonyl (C=O) groups is 2. The zero-order valence-corrected chi connectivity index (χ0v) is 22.0. The number of aromatic nitrogens is 3. The van der Waals surface area contributed by atoms with E-state index >= 15 is 0 Å². The molecule has 8 nitrogen and oxygen atoms in total. The zero-order valence-electron chi connectivity index (χ0n) is 21.2. The second-order valence-corrected chi connectivity index (χ2v) is 10.3. The Bertz CT molecular complexity index is 1460. The van der Waals surface area contributed by atoms with Crippen molar-refractivity contribution in [3.8, 4) is 5.75 Å². The lowest BCUT2D eigenvalue weighted by molar-refractivity contribution is -0.129. The van der Waals surface area contributed by atoms with Gasteiger partial charge in [0.25, 0.3) is 5.91 Å². The first kappa shape index (κ1) is 25.4. The molecule has 1 atom stereocenters. The molecule has 0 aliphatic carbocycles. The summed E-state index contributed by atoms with van der Waals surface area (Å²) in [5.74, 6) is -0.751. The van der Waals surface area contributed by atoms with E-state index in [1.165, 1.54) is 11.3 Å². The van der Waals surface area contributed by atoms with Crippen LogP contribution in [0.3, 0.4) is 0 Å². The topological polar surface area (TPSA) is 97.5 Å². The Balaban J connectivity index is 1.42. The van der Waals surface area contributed by atoms with Crippen molar-refractivity contribution in [3.63, 3.8) is 0 Å². The quantitative estimate of drug-likeness (QED) is 0.284. The first-order valence-electron chi connectivity index (χ1n) is 12.4. The summed E-state index contributed by atoms with van der Waals surface area (Å²) < 4.78 is 7.85. The van der Waals surface area contributed by atoms with Crippen LogP contribution in [-0.2, 0) is 17.9 Å². The molecule has 2 aromatic carbocycles. The van der Waals surface area contributed by atoms with Gasteiger partial charge in [0.05, 0.1) is 33.5 Å². The molecule has 5 rings (SSSR count). The van der Waals surface area contributed by atoms with Crippen LogP contribution >= 0.6 is 11.3 Å². The van der Waals surface area contributed by atoms with Crippen molar-refractivity contribution < 1.29 is 19.4 Å². The average Bonchev–Trinajstić information content (AvgIpc) is 3.63. The minimum absolute atomic E-state index is 0.0855. The van der Waals surface area contributed by atoms with E-state index in [0.717, 1.165) is 16.1 Å². The highest BCUT2D eigenvalue weighted by molar-refractivity contribution is 7.14. The molecule has 1 amide bonds. The predicted molar refractivity (Wildman–Crippen MR) is 144 cm³/mol. The van der Waals surface area contributed by atoms with Crippen LogP contribution in [0.4, 0.5) is 0 Å². The molecule has 9 heteroatoms. The van der Waals surface area contributed by atoms with Crippen LogP contribution in [0.15, 0.2) is 84.7 Å². The maximum atomic E-state index is 13.7. The molecule has 38 heavy (non-hydrogen) atoms. The molecule has 0 radical (unpaired) electrons. The monoisotopic (exact) mass is 528 g/mol. The Labute approximate surface area is 224 Å². The largest absolute Gasteiger partial charge is 0.503 e. The summed E-state index contributed by atoms with van der Waals surface area (Å²) in [5.41, 5.74) is 2.45. The number of imidazole rings is 1. The molecule has 1 unspecified atom stereocenters. The SMILES string of the molecule is Cc1nc(C)c(C(=O)C2=C(O)C(=O)N(CCCn3ccnc3)C2c2ccc(OCc3ccccc3)cc2)s1. The molecular weight excluding hydrogens is 500 g/mol. The molecule has 194 valence electrons. The van der Waals surface area contributed by atoms with Crippen molar-refractivity contribution in [3.05, 3.63) is 111 Å². The van der Waals surface area contributed by atoms with Crippen LogP contribution in [-0.4, -0.2) is 42.8 Å². The standard InChI is InChI=1S/C29H28N4O4S/c1-19-28(38-20(2)31-19)26(34)24-25(33(29(36)27(24)35)15-6-14-32-16-13-30-18-32)22-9-11-23(12-10-22)37-17-21-7-4-3-5-8-21/h3-5,7-13,16,18,25,35H,6,14-15,17H2,1-2H3. The number of nitrogens with zero attached hydrogens (tertiary/aromatic N) is 4. The van der Waals surface area contributed by atoms with Gasteiger partial charge < -0.3 is 19.3 Å². The highest BCUT2D eigenvalue weighted by Gasteiger charge is 2.44. The number of aliphatic hydroxyl groups is 1. The molecule has 3 heterocycles. The van der Waals surface area contributed by atoms with Crippen LogP contribution in [0, 0.1) is 13.8 Å². The van der Waals surface area contributed by atoms with Crippen molar-refractivity contribution in [2.75, 3.05) is 6.54 Å². The van der Waals surface area contributed by atoms with E-state index in [-0.39, 0.29) is 11.4 Å². The molecule has 0 fully saturated rings. The highest BCUT2D eigenvalue weighted by atomic mass is 32.1. The molecule has 4 aromatic rings. The normalized spacial score (nSPS) is 15.4. The van der Waals surface area contributed by atoms with Gasteiger partial charge in [0, 0.05) is 25.5 Å². The molecule has 0 bridgehead atoms. The van der Waals surface area contributed by atoms with E-state index in [9.17, 15) is 14.7 Å². The summed E-state index contributed by atoms with van der Waals surface area (Å²) in [4.78, 5) is 37.4. The summed E-state index contributed by atoms with van der Waals surface area (Å²) in [6.07, 6.45) is 5.91. The minimum atomic E-state index is -0.720. The van der Waals surface area contributed by atoms with E-state index in [0.29, 0.717) is 42.4 Å². The number of aliphatic hydroxyl groups excluding tert-OH is 1. The van der Waals surface area contributed by atoms with Gasteiger partial charge in [-0.1, -0.05) is 42.5 Å². The van der Waals surface area contributed by atoms with Crippen molar-refractivity contribution in [1.29, 1.82) is 0 Å². The highest BCUT2D eigenvalue weighted by Crippen LogP contribution is 2.40. The number of ketones is 1. The first-order chi connectivity index (χ1) is 18.4. The predicted octanol–water partition coefficient (Wildman–Crippen LogP) is 5.20. The van der Waals surface area contributed by atoms with Gasteiger partial charge in [0.1, 0.15) is 12.4 Å². The summed E-state index contributed by atoms with van der Waals surface area (Å²) in [5, 5.41) is 11.7. The lowest BCUT2D eigenvalue weighted by Gasteiger charge is -2.27. The molecule has 1 aliphatic rings. The Morgan fingerprint density at radius 3 is 2.50 bits per heavy atom. The summed E-state index contributed by atoms with van der Waals surface area (Å²) in [6.45, 7) is 5.03. The van der Waals surface area contributed by atoms with Crippen LogP contribution in [0.2, 0.25) is 0 Å². The molecule has 0 spiro atoms. The fourth-order valence-corrected chi connectivity index (χ4v) is 5.53. The number of Topliss-reactive ketones (excluding diaryl/α,β-unsaturated/α-hetero) is 1. The second kappa shape index (κ2) is 11.0. The number of carbonyl (C=O) groups excluding carboxylic acids is 2. The van der Waals surface area contributed by atoms with Crippen LogP contribution in [0.25, 0.3) is 0 Å². The van der Waals surface area contributed by atoms with Gasteiger partial charge >= 0.3 is 0 Å². The number of thiazole rings is 1. The third-order valence-corrected chi connectivity index (χ3v) is 7.55. The minimum Gasteiger partial charge on any atom is -0.503 e. The van der Waals surface area contributed by atoms with Crippen molar-refractivity contribution in [1.82, 2.24) is 19.4 Å². The van der Waals surface area contributed by atoms with Crippen LogP contribution in [0.5, 0.6) is 5.75 Å². The van der Waals surface area contributed by atoms with Gasteiger partial charge in [-0.05, 0) is 43.5 Å². The first-order valence-corrected chi connectivity index (χ1v) is 13.2. The van der Waals surface area contributed by atoms with E-state index < -0.39 is 17.7 Å². The summed E-state index contributed by atoms with van der Waals surface area (Å²) in [7, 11) is 0. The summed E-state index contributed by atoms with van der Waals surface area (Å²) in [6, 6.07) is 16.5. The molecule has 1 N–H and O–H groups in total. The number of ether oxygens (including phenoxy) is 1. The Morgan fingerprint density at radius 1 is 1.08 bits per heavy atom. The van der Waals surface area contributed by atoms with Crippen molar-refractivity contribution in [2.45, 2.75) is 39.5 Å². The maximum absolute atomic E-state index is 13.7. The second-order valence-electron chi connectivity index (χ2n) is 9.14. The number of rotatable bonds is 10. The van der Waals surface area contributed by atoms with Gasteiger partial charge in [-0.25, -0.2) is 9.97 Å². The van der Waals surface area contributed by atoms with E-state index in [4.69, 9.17) is 4.74 Å². The van der Waals surface area contributed by atoms with Gasteiger partial charge in [0.15, 0.2) is 5.76 Å².